The van der Waals surface area contributed by atoms with Crippen molar-refractivity contribution in [1.82, 2.24) is 0 Å². The summed E-state index contributed by atoms with van der Waals surface area (Å²) in [4.78, 5) is 9.73. The Morgan fingerprint density at radius 1 is 0.746 bits per heavy atom. The Balaban J connectivity index is 1.61. The van der Waals surface area contributed by atoms with Crippen LogP contribution in [-0.2, 0) is 71.0 Å². The Bertz CT molecular complexity index is 3400. The van der Waals surface area contributed by atoms with E-state index < -0.39 is 92.7 Å². The SMILES string of the molecule is COCC[N+]1=C(C=CC=C2N(CCCCCC(=O)O)c3ccc4c(S(=O)(=O)[O-])cc(S(=O)(=O)O)cc4c3C2(C)C)C(C)(CCCS(=O)(=O)O)c2c1ccc1c(S(=O)(=O)O)cc(S(=O)(=O)O)cc21. The zero-order valence-corrected chi connectivity index (χ0v) is 40.5. The molecule has 20 nitrogen and oxygen atoms in total. The molecule has 0 aromatic heterocycles. The van der Waals surface area contributed by atoms with Gasteiger partial charge in [0.1, 0.15) is 21.6 Å². The van der Waals surface area contributed by atoms with Crippen LogP contribution in [0.1, 0.15) is 70.4 Å². The molecule has 25 heteroatoms. The second-order valence-electron chi connectivity index (χ2n) is 17.0. The molecule has 0 fully saturated rings. The van der Waals surface area contributed by atoms with E-state index in [1.165, 1.54) is 25.3 Å². The average molecular weight is 1030 g/mol. The number of methoxy groups -OCH3 is 1. The zero-order chi connectivity index (χ0) is 49.9. The number of aliphatic carboxylic acids is 1. The molecule has 2 heterocycles. The highest BCUT2D eigenvalue weighted by molar-refractivity contribution is 7.87. The van der Waals surface area contributed by atoms with Crippen molar-refractivity contribution in [2.75, 3.05) is 37.5 Å². The standard InChI is InChI=1S/C42H48N2O18S5/c1-41(2)36(43(18-7-5-6-12-38(45)46)32-15-13-28-30(39(32)41)22-26(64(50,51)52)24-34(28)66(56,57)58)10-8-11-37-42(3,17-9-21-63(47,48)49)40-31-23-27(65(53,54)55)25-35(67(59,60)61)29(31)14-16-33(40)44(37)19-20-62-4/h8,10-11,13-16,22-25H,5-7,9,12,17-21H2,1-4H3,(H5-,45,46,47,48,49,50,51,52,53,54,55,56,57,58,59,60,61). The highest BCUT2D eigenvalue weighted by Crippen LogP contribution is 2.53. The third-order valence-corrected chi connectivity index (χ3v) is 16.4. The molecule has 0 amide bonds. The normalized spacial score (nSPS) is 18.5. The van der Waals surface area contributed by atoms with Crippen LogP contribution in [0.5, 0.6) is 0 Å². The zero-order valence-electron chi connectivity index (χ0n) is 36.4. The topological polar surface area (TPSA) is 327 Å². The van der Waals surface area contributed by atoms with Gasteiger partial charge >= 0.3 is 5.97 Å². The Kier molecular flexibility index (Phi) is 14.2. The van der Waals surface area contributed by atoms with E-state index >= 15 is 0 Å². The van der Waals surface area contributed by atoms with E-state index in [0.29, 0.717) is 59.7 Å². The number of nitrogens with zero attached hydrogens (tertiary/aromatic N) is 2. The molecule has 4 aromatic rings. The molecule has 364 valence electrons. The van der Waals surface area contributed by atoms with Crippen molar-refractivity contribution in [3.8, 4) is 0 Å². The Hall–Kier alpha value is -4.67. The first-order valence-corrected chi connectivity index (χ1v) is 27.7. The van der Waals surface area contributed by atoms with Crippen molar-refractivity contribution >= 4 is 95.2 Å². The smallest absolute Gasteiger partial charge is 0.303 e. The average Bonchev–Trinajstić information content (AvgIpc) is 3.56. The van der Waals surface area contributed by atoms with E-state index in [1.54, 1.807) is 49.6 Å². The summed E-state index contributed by atoms with van der Waals surface area (Å²) in [5.41, 5.74) is 0.0346. The maximum atomic E-state index is 12.7. The van der Waals surface area contributed by atoms with Gasteiger partial charge in [-0.25, -0.2) is 8.42 Å². The number of allylic oxidation sites excluding steroid dienone is 4. The fraction of sp³-hybridized carbons (Fsp3) is 0.381. The molecule has 0 bridgehead atoms. The van der Waals surface area contributed by atoms with E-state index in [0.717, 1.165) is 12.1 Å². The van der Waals surface area contributed by atoms with Gasteiger partial charge in [-0.2, -0.15) is 38.2 Å². The van der Waals surface area contributed by atoms with E-state index in [4.69, 9.17) is 4.74 Å². The van der Waals surface area contributed by atoms with Crippen LogP contribution >= 0.6 is 0 Å². The largest absolute Gasteiger partial charge is 0.744 e. The molecular weight excluding hydrogens is 981 g/mol. The van der Waals surface area contributed by atoms with E-state index in [-0.39, 0.29) is 66.1 Å². The molecule has 0 spiro atoms. The fourth-order valence-electron chi connectivity index (χ4n) is 9.33. The quantitative estimate of drug-likeness (QED) is 0.0458. The van der Waals surface area contributed by atoms with Crippen molar-refractivity contribution in [1.29, 1.82) is 0 Å². The summed E-state index contributed by atoms with van der Waals surface area (Å²) in [7, 11) is -23.6. The first-order chi connectivity index (χ1) is 30.8. The summed E-state index contributed by atoms with van der Waals surface area (Å²) in [5.74, 6) is -1.68. The number of carboxylic acids is 1. The number of carbonyl (C=O) groups is 1. The molecular formula is C42H48N2O18S5. The van der Waals surface area contributed by atoms with Crippen LogP contribution in [0.2, 0.25) is 0 Å². The number of rotatable bonds is 19. The minimum atomic E-state index is -5.30. The molecule has 5 N–H and O–H groups in total. The van der Waals surface area contributed by atoms with Gasteiger partial charge in [0.05, 0.1) is 25.9 Å². The lowest BCUT2D eigenvalue weighted by molar-refractivity contribution is -0.441. The van der Waals surface area contributed by atoms with Gasteiger partial charge in [-0.3, -0.25) is 23.0 Å². The monoisotopic (exact) mass is 1030 g/mol. The Labute approximate surface area is 388 Å². The van der Waals surface area contributed by atoms with E-state index in [1.807, 2.05) is 4.90 Å². The molecule has 0 radical (unpaired) electrons. The van der Waals surface area contributed by atoms with Gasteiger partial charge in [-0.1, -0.05) is 32.4 Å². The third-order valence-electron chi connectivity index (χ3n) is 12.2. The van der Waals surface area contributed by atoms with Crippen LogP contribution in [0.3, 0.4) is 0 Å². The van der Waals surface area contributed by atoms with Crippen LogP contribution in [0.25, 0.3) is 21.5 Å². The summed E-state index contributed by atoms with van der Waals surface area (Å²) in [6, 6.07) is 9.09. The van der Waals surface area contributed by atoms with Gasteiger partial charge in [0.2, 0.25) is 5.69 Å². The molecule has 1 atom stereocenters. The molecule has 0 saturated carbocycles. The van der Waals surface area contributed by atoms with Gasteiger partial charge < -0.3 is 19.3 Å². The maximum absolute atomic E-state index is 12.7. The predicted molar refractivity (Wildman–Crippen MR) is 244 cm³/mol. The number of hydrogen-bond donors (Lipinski definition) is 5. The lowest BCUT2D eigenvalue weighted by atomic mass is 9.74. The molecule has 67 heavy (non-hydrogen) atoms. The van der Waals surface area contributed by atoms with Crippen molar-refractivity contribution in [3.63, 3.8) is 0 Å². The van der Waals surface area contributed by atoms with Gasteiger partial charge in [-0.05, 0) is 96.8 Å². The maximum Gasteiger partial charge on any atom is 0.303 e. The molecule has 6 rings (SSSR count). The number of benzene rings is 4. The van der Waals surface area contributed by atoms with Crippen molar-refractivity contribution in [2.24, 2.45) is 0 Å². The second-order valence-corrected chi connectivity index (χ2v) is 24.1. The van der Waals surface area contributed by atoms with Crippen LogP contribution in [0.4, 0.5) is 11.4 Å². The first kappa shape index (κ1) is 51.7. The lowest BCUT2D eigenvalue weighted by Crippen LogP contribution is -2.33. The van der Waals surface area contributed by atoms with Crippen molar-refractivity contribution in [3.05, 3.63) is 83.6 Å². The number of fused-ring (bicyclic) bond motifs is 6. The number of unbranched alkanes of at least 4 members (excludes halogenated alkanes) is 2. The van der Waals surface area contributed by atoms with Crippen molar-refractivity contribution in [2.45, 2.75) is 89.7 Å². The molecule has 4 aromatic carbocycles. The molecule has 2 aliphatic heterocycles. The van der Waals surface area contributed by atoms with Crippen LogP contribution in [0.15, 0.2) is 92.0 Å². The summed E-state index contributed by atoms with van der Waals surface area (Å²) < 4.78 is 184. The fourth-order valence-corrected chi connectivity index (χ4v) is 12.5. The van der Waals surface area contributed by atoms with Crippen LogP contribution < -0.4 is 4.90 Å². The number of anilines is 1. The summed E-state index contributed by atoms with van der Waals surface area (Å²) in [5, 5.41) is 8.99. The highest BCUT2D eigenvalue weighted by Gasteiger charge is 2.49. The van der Waals surface area contributed by atoms with Crippen LogP contribution in [-0.4, -0.2) is 119 Å². The molecule has 1 unspecified atom stereocenters. The summed E-state index contributed by atoms with van der Waals surface area (Å²) in [6.07, 6.45) is 5.93. The number of ether oxygens (including phenoxy) is 1. The molecule has 2 aliphatic rings. The van der Waals surface area contributed by atoms with Crippen molar-refractivity contribution < 1.29 is 84.1 Å². The predicted octanol–water partition coefficient (Wildman–Crippen LogP) is 5.19. The number of hydrogen-bond acceptors (Lipinski definition) is 14. The third kappa shape index (κ3) is 10.5. The van der Waals surface area contributed by atoms with Gasteiger partial charge in [0.15, 0.2) is 12.3 Å². The first-order valence-electron chi connectivity index (χ1n) is 20.4. The summed E-state index contributed by atoms with van der Waals surface area (Å²) >= 11 is 0. The van der Waals surface area contributed by atoms with Gasteiger partial charge in [0.25, 0.3) is 40.5 Å². The minimum Gasteiger partial charge on any atom is -0.744 e. The molecule has 0 aliphatic carbocycles. The lowest BCUT2D eigenvalue weighted by Gasteiger charge is -2.27. The van der Waals surface area contributed by atoms with E-state index in [2.05, 4.69) is 0 Å². The van der Waals surface area contributed by atoms with E-state index in [9.17, 15) is 74.8 Å². The van der Waals surface area contributed by atoms with Gasteiger partial charge in [0, 0.05) is 60.0 Å². The second kappa shape index (κ2) is 18.3. The highest BCUT2D eigenvalue weighted by atomic mass is 32.2. The molecule has 0 saturated heterocycles. The van der Waals surface area contributed by atoms with Crippen LogP contribution in [0, 0.1) is 0 Å². The number of carboxylic acid groups (broad SMARTS) is 1. The van der Waals surface area contributed by atoms with Gasteiger partial charge in [-0.15, -0.1) is 0 Å². The Morgan fingerprint density at radius 3 is 1.88 bits per heavy atom. The Morgan fingerprint density at radius 2 is 1.33 bits per heavy atom. The summed E-state index contributed by atoms with van der Waals surface area (Å²) in [6.45, 7) is 5.68. The minimum absolute atomic E-state index is 0.0316.